The molecule has 178 valence electrons. The molecule has 0 aliphatic carbocycles. The van der Waals surface area contributed by atoms with Gasteiger partial charge in [0.2, 0.25) is 5.78 Å². The molecule has 0 unspecified atom stereocenters. The van der Waals surface area contributed by atoms with Gasteiger partial charge in [-0.1, -0.05) is 30.3 Å². The quantitative estimate of drug-likeness (QED) is 0.375. The highest BCUT2D eigenvalue weighted by Crippen LogP contribution is 2.34. The number of benzene rings is 2. The standard InChI is InChI=1S/C25H23N5O5/c1-15(31)13-29-23(32)21-22(27(2)25(29)33)26-24-28(21)14-19(16-8-6-5-7-9-16)30(24)18-11-10-17(34-3)12-20(18)35-4/h5-12,14H,13H2,1-4H3. The van der Waals surface area contributed by atoms with Crippen LogP contribution < -0.4 is 20.7 Å². The molecule has 10 heteroatoms. The predicted octanol–water partition coefficient (Wildman–Crippen LogP) is 2.41. The maximum Gasteiger partial charge on any atom is 0.332 e. The number of ether oxygens (including phenoxy) is 2. The molecular weight excluding hydrogens is 450 g/mol. The molecule has 0 aliphatic rings. The van der Waals surface area contributed by atoms with Crippen molar-refractivity contribution in [3.63, 3.8) is 0 Å². The summed E-state index contributed by atoms with van der Waals surface area (Å²) in [6.45, 7) is 1.02. The fourth-order valence-electron chi connectivity index (χ4n) is 4.28. The van der Waals surface area contributed by atoms with E-state index in [1.165, 1.54) is 18.5 Å². The zero-order chi connectivity index (χ0) is 24.9. The summed E-state index contributed by atoms with van der Waals surface area (Å²) >= 11 is 0. The first-order valence-electron chi connectivity index (χ1n) is 10.9. The Kier molecular flexibility index (Phi) is 5.28. The van der Waals surface area contributed by atoms with Gasteiger partial charge in [-0.2, -0.15) is 4.98 Å². The molecule has 0 atom stereocenters. The second-order valence-corrected chi connectivity index (χ2v) is 8.14. The first-order chi connectivity index (χ1) is 16.8. The Hall–Kier alpha value is -4.60. The molecule has 0 saturated heterocycles. The van der Waals surface area contributed by atoms with E-state index in [1.54, 1.807) is 36.9 Å². The minimum absolute atomic E-state index is 0.201. The van der Waals surface area contributed by atoms with E-state index in [9.17, 15) is 14.4 Å². The van der Waals surface area contributed by atoms with Crippen LogP contribution in [0.4, 0.5) is 0 Å². The van der Waals surface area contributed by atoms with Crippen LogP contribution in [0.3, 0.4) is 0 Å². The number of nitrogens with zero attached hydrogens (tertiary/aromatic N) is 5. The summed E-state index contributed by atoms with van der Waals surface area (Å²) in [5.74, 6) is 1.28. The van der Waals surface area contributed by atoms with Crippen molar-refractivity contribution < 1.29 is 14.3 Å². The number of carbonyl (C=O) groups is 1. The summed E-state index contributed by atoms with van der Waals surface area (Å²) in [6.07, 6.45) is 1.80. The summed E-state index contributed by atoms with van der Waals surface area (Å²) in [5.41, 5.74) is 1.55. The van der Waals surface area contributed by atoms with E-state index in [0.717, 1.165) is 15.8 Å². The summed E-state index contributed by atoms with van der Waals surface area (Å²) < 4.78 is 16.7. The lowest BCUT2D eigenvalue weighted by molar-refractivity contribution is -0.117. The lowest BCUT2D eigenvalue weighted by atomic mass is 10.1. The van der Waals surface area contributed by atoms with Crippen molar-refractivity contribution in [3.05, 3.63) is 75.6 Å². The number of imidazole rings is 2. The van der Waals surface area contributed by atoms with Gasteiger partial charge in [-0.25, -0.2) is 4.79 Å². The number of hydrogen-bond acceptors (Lipinski definition) is 6. The number of aryl methyl sites for hydroxylation is 1. The number of hydrogen-bond donors (Lipinski definition) is 0. The SMILES string of the molecule is COc1ccc(-n2c(-c3ccccc3)cn3c4c(=O)n(CC(C)=O)c(=O)n(C)c4nc23)c(OC)c1. The van der Waals surface area contributed by atoms with Gasteiger partial charge in [0, 0.05) is 24.9 Å². The molecule has 10 nitrogen and oxygen atoms in total. The van der Waals surface area contributed by atoms with Crippen LogP contribution >= 0.6 is 0 Å². The molecule has 0 aliphatic heterocycles. The summed E-state index contributed by atoms with van der Waals surface area (Å²) in [6, 6.07) is 15.1. The van der Waals surface area contributed by atoms with E-state index in [0.29, 0.717) is 23.0 Å². The zero-order valence-electron chi connectivity index (χ0n) is 19.7. The number of carbonyl (C=O) groups excluding carboxylic acids is 1. The smallest absolute Gasteiger partial charge is 0.332 e. The molecule has 5 aromatic rings. The number of ketones is 1. The van der Waals surface area contributed by atoms with Crippen LogP contribution in [0.15, 0.2) is 64.3 Å². The van der Waals surface area contributed by atoms with E-state index < -0.39 is 11.2 Å². The van der Waals surface area contributed by atoms with Crippen molar-refractivity contribution in [3.8, 4) is 28.4 Å². The van der Waals surface area contributed by atoms with E-state index >= 15 is 0 Å². The predicted molar refractivity (Wildman–Crippen MR) is 131 cm³/mol. The van der Waals surface area contributed by atoms with Crippen LogP contribution in [0.2, 0.25) is 0 Å². The molecule has 0 fully saturated rings. The van der Waals surface area contributed by atoms with Gasteiger partial charge in [0.1, 0.15) is 17.3 Å². The fourth-order valence-corrected chi connectivity index (χ4v) is 4.28. The molecule has 0 saturated carbocycles. The Balaban J connectivity index is 1.94. The molecule has 0 spiro atoms. The molecule has 2 aromatic carbocycles. The van der Waals surface area contributed by atoms with Gasteiger partial charge in [0.25, 0.3) is 5.56 Å². The van der Waals surface area contributed by atoms with E-state index in [1.807, 2.05) is 41.0 Å². The monoisotopic (exact) mass is 473 g/mol. The Morgan fingerprint density at radius 1 is 1.03 bits per heavy atom. The Labute approximate surface area is 199 Å². The number of Topliss-reactive ketones (excluding diaryl/α,β-unsaturated/α-hetero) is 1. The molecule has 3 heterocycles. The molecular formula is C25H23N5O5. The number of methoxy groups -OCH3 is 2. The molecule has 3 aromatic heterocycles. The number of aromatic nitrogens is 5. The maximum atomic E-state index is 13.4. The van der Waals surface area contributed by atoms with E-state index in [2.05, 4.69) is 0 Å². The van der Waals surface area contributed by atoms with Crippen molar-refractivity contribution in [2.75, 3.05) is 14.2 Å². The third kappa shape index (κ3) is 3.41. The highest BCUT2D eigenvalue weighted by atomic mass is 16.5. The average Bonchev–Trinajstić information content (AvgIpc) is 3.42. The van der Waals surface area contributed by atoms with Crippen molar-refractivity contribution >= 4 is 22.7 Å². The van der Waals surface area contributed by atoms with Crippen LogP contribution in [-0.2, 0) is 18.4 Å². The van der Waals surface area contributed by atoms with Crippen LogP contribution in [0.1, 0.15) is 6.92 Å². The third-order valence-electron chi connectivity index (χ3n) is 5.93. The van der Waals surface area contributed by atoms with Gasteiger partial charge >= 0.3 is 5.69 Å². The van der Waals surface area contributed by atoms with Crippen molar-refractivity contribution in [2.24, 2.45) is 7.05 Å². The minimum Gasteiger partial charge on any atom is -0.497 e. The number of rotatable bonds is 6. The molecule has 0 N–H and O–H groups in total. The topological polar surface area (TPSA) is 102 Å². The fraction of sp³-hybridized carbons (Fsp3) is 0.200. The molecule has 0 amide bonds. The highest BCUT2D eigenvalue weighted by molar-refractivity contribution is 5.81. The summed E-state index contributed by atoms with van der Waals surface area (Å²) in [4.78, 5) is 42.7. The van der Waals surface area contributed by atoms with Crippen LogP contribution in [0.5, 0.6) is 11.5 Å². The van der Waals surface area contributed by atoms with Crippen molar-refractivity contribution in [2.45, 2.75) is 13.5 Å². The lowest BCUT2D eigenvalue weighted by Gasteiger charge is -2.14. The Bertz CT molecular complexity index is 1720. The first kappa shape index (κ1) is 22.2. The molecule has 0 radical (unpaired) electrons. The number of fused-ring (bicyclic) bond motifs is 3. The van der Waals surface area contributed by atoms with Gasteiger partial charge in [-0.05, 0) is 19.1 Å². The average molecular weight is 473 g/mol. The molecule has 0 bridgehead atoms. The second kappa shape index (κ2) is 8.32. The van der Waals surface area contributed by atoms with Gasteiger partial charge in [0.15, 0.2) is 11.2 Å². The molecule has 35 heavy (non-hydrogen) atoms. The maximum absolute atomic E-state index is 13.4. The zero-order valence-corrected chi connectivity index (χ0v) is 19.7. The van der Waals surface area contributed by atoms with Gasteiger partial charge in [-0.3, -0.25) is 27.7 Å². The van der Waals surface area contributed by atoms with Crippen molar-refractivity contribution in [1.29, 1.82) is 0 Å². The third-order valence-corrected chi connectivity index (χ3v) is 5.93. The van der Waals surface area contributed by atoms with Crippen LogP contribution in [0, 0.1) is 0 Å². The summed E-state index contributed by atoms with van der Waals surface area (Å²) in [5, 5.41) is 0. The lowest BCUT2D eigenvalue weighted by Crippen LogP contribution is -2.40. The Morgan fingerprint density at radius 2 is 1.77 bits per heavy atom. The second-order valence-electron chi connectivity index (χ2n) is 8.14. The van der Waals surface area contributed by atoms with Gasteiger partial charge in [-0.15, -0.1) is 0 Å². The van der Waals surface area contributed by atoms with Crippen molar-refractivity contribution in [1.82, 2.24) is 23.1 Å². The van der Waals surface area contributed by atoms with E-state index in [4.69, 9.17) is 14.5 Å². The van der Waals surface area contributed by atoms with Gasteiger partial charge in [0.05, 0.1) is 32.1 Å². The van der Waals surface area contributed by atoms with Gasteiger partial charge < -0.3 is 9.47 Å². The van der Waals surface area contributed by atoms with E-state index in [-0.39, 0.29) is 23.5 Å². The van der Waals surface area contributed by atoms with Crippen LogP contribution in [-0.4, -0.2) is 43.1 Å². The minimum atomic E-state index is -0.602. The Morgan fingerprint density at radius 3 is 2.43 bits per heavy atom. The molecule has 5 rings (SSSR count). The first-order valence-corrected chi connectivity index (χ1v) is 10.9. The normalized spacial score (nSPS) is 11.3. The van der Waals surface area contributed by atoms with Crippen LogP contribution in [0.25, 0.3) is 33.9 Å². The highest BCUT2D eigenvalue weighted by Gasteiger charge is 2.24. The summed E-state index contributed by atoms with van der Waals surface area (Å²) in [7, 11) is 4.67. The largest absolute Gasteiger partial charge is 0.497 e.